The highest BCUT2D eigenvalue weighted by Gasteiger charge is 2.31. The fourth-order valence-electron chi connectivity index (χ4n) is 5.32. The number of hydrogen-bond acceptors (Lipinski definition) is 11. The number of ether oxygens (including phenoxy) is 2. The van der Waals surface area contributed by atoms with E-state index >= 15 is 0 Å². The second kappa shape index (κ2) is 11.7. The maximum atomic E-state index is 13.5. The monoisotopic (exact) mass is 622 g/mol. The van der Waals surface area contributed by atoms with Gasteiger partial charge in [-0.05, 0) is 42.8 Å². The summed E-state index contributed by atoms with van der Waals surface area (Å²) < 4.78 is 39.9. The normalized spacial score (nSPS) is 16.4. The van der Waals surface area contributed by atoms with Crippen LogP contribution in [0.3, 0.4) is 0 Å². The van der Waals surface area contributed by atoms with Gasteiger partial charge in [0.1, 0.15) is 17.0 Å². The second-order valence-electron chi connectivity index (χ2n) is 10.7. The summed E-state index contributed by atoms with van der Waals surface area (Å²) in [6.07, 6.45) is 3.09. The number of carbonyl (C=O) groups is 1. The number of para-hydroxylation sites is 1. The number of aromatic amines is 1. The first-order valence-corrected chi connectivity index (χ1v) is 15.5. The summed E-state index contributed by atoms with van der Waals surface area (Å²) in [7, 11) is -4.52. The van der Waals surface area contributed by atoms with E-state index in [0.29, 0.717) is 68.5 Å². The Bertz CT molecular complexity index is 1840. The zero-order chi connectivity index (χ0) is 30.9. The predicted octanol–water partition coefficient (Wildman–Crippen LogP) is 3.46. The summed E-state index contributed by atoms with van der Waals surface area (Å²) in [5, 5.41) is 26.3. The Kier molecular flexibility index (Phi) is 7.84. The van der Waals surface area contributed by atoms with Gasteiger partial charge in [0, 0.05) is 56.8 Å². The summed E-state index contributed by atoms with van der Waals surface area (Å²) in [5.41, 5.74) is 0.219. The molecule has 6 rings (SSSR count). The van der Waals surface area contributed by atoms with Crippen molar-refractivity contribution in [1.82, 2.24) is 14.7 Å². The Morgan fingerprint density at radius 2 is 1.91 bits per heavy atom. The van der Waals surface area contributed by atoms with Gasteiger partial charge in [0.25, 0.3) is 21.6 Å². The number of fused-ring (bicyclic) bond motifs is 2. The molecule has 0 unspecified atom stereocenters. The van der Waals surface area contributed by atoms with Gasteiger partial charge in [0.05, 0.1) is 33.3 Å². The molecule has 44 heavy (non-hydrogen) atoms. The first kappa shape index (κ1) is 29.3. The van der Waals surface area contributed by atoms with Crippen LogP contribution in [0.2, 0.25) is 0 Å². The van der Waals surface area contributed by atoms with Gasteiger partial charge in [0.15, 0.2) is 0 Å². The number of carbonyl (C=O) groups excluding carboxylic acids is 1. The molecule has 0 bridgehead atoms. The first-order chi connectivity index (χ1) is 21.1. The van der Waals surface area contributed by atoms with Crippen LogP contribution in [0.15, 0.2) is 65.7 Å². The van der Waals surface area contributed by atoms with Crippen LogP contribution in [0.1, 0.15) is 29.6 Å². The Morgan fingerprint density at radius 3 is 2.70 bits per heavy atom. The van der Waals surface area contributed by atoms with Crippen LogP contribution in [0.5, 0.6) is 5.88 Å². The maximum absolute atomic E-state index is 13.5. The Hall–Kier alpha value is -4.73. The summed E-state index contributed by atoms with van der Waals surface area (Å²) in [6, 6.07) is 13.6. The predicted molar refractivity (Wildman–Crippen MR) is 161 cm³/mol. The highest BCUT2D eigenvalue weighted by molar-refractivity contribution is 7.90. The highest BCUT2D eigenvalue weighted by atomic mass is 32.2. The van der Waals surface area contributed by atoms with Crippen LogP contribution in [0.4, 0.5) is 22.7 Å². The molecule has 2 aliphatic rings. The lowest BCUT2D eigenvalue weighted by Crippen LogP contribution is -2.42. The van der Waals surface area contributed by atoms with Crippen LogP contribution in [-0.4, -0.2) is 72.8 Å². The number of hydrogen-bond donors (Lipinski definition) is 4. The largest absolute Gasteiger partial charge is 0.476 e. The Balaban J connectivity index is 1.26. The van der Waals surface area contributed by atoms with Crippen molar-refractivity contribution >= 4 is 49.7 Å². The van der Waals surface area contributed by atoms with Crippen molar-refractivity contribution in [2.24, 2.45) is 0 Å². The van der Waals surface area contributed by atoms with Crippen molar-refractivity contribution < 1.29 is 32.7 Å². The van der Waals surface area contributed by atoms with Crippen molar-refractivity contribution in [1.29, 1.82) is 0 Å². The molecule has 0 atom stereocenters. The van der Waals surface area contributed by atoms with E-state index in [-0.39, 0.29) is 17.8 Å². The fourth-order valence-corrected chi connectivity index (χ4v) is 6.31. The molecule has 0 spiro atoms. The number of anilines is 3. The van der Waals surface area contributed by atoms with E-state index in [1.165, 1.54) is 18.2 Å². The van der Waals surface area contributed by atoms with Gasteiger partial charge in [-0.2, -0.15) is 4.98 Å². The van der Waals surface area contributed by atoms with Crippen LogP contribution < -0.4 is 19.7 Å². The molecule has 2 aromatic heterocycles. The number of rotatable bonds is 8. The number of aromatic nitrogens is 2. The standard InChI is InChI=1S/C29H30N6O8S/c36-27(21-4-1-2-5-23(21)34-12-3-13-43-28-25(34)16-19-8-11-30-26(19)32-28)33-44(40,41)20-6-7-22(24(17-20)35(38)39)31-18-29(37)9-14-42-15-10-29/h1-2,4-8,11,16-17,31,37H,3,9-10,12-15,18H2,(H,30,32)(H,33,36). The van der Waals surface area contributed by atoms with E-state index in [9.17, 15) is 28.4 Å². The molecular formula is C29H30N6O8S. The molecule has 0 saturated carbocycles. The van der Waals surface area contributed by atoms with E-state index in [0.717, 1.165) is 11.5 Å². The van der Waals surface area contributed by atoms with Gasteiger partial charge >= 0.3 is 0 Å². The third-order valence-corrected chi connectivity index (χ3v) is 9.04. The zero-order valence-corrected chi connectivity index (χ0v) is 24.3. The van der Waals surface area contributed by atoms with Crippen molar-refractivity contribution in [3.05, 3.63) is 76.5 Å². The minimum atomic E-state index is -4.52. The minimum Gasteiger partial charge on any atom is -0.476 e. The summed E-state index contributed by atoms with van der Waals surface area (Å²) in [6.45, 7) is 1.64. The topological polar surface area (TPSA) is 189 Å². The van der Waals surface area contributed by atoms with E-state index < -0.39 is 37.0 Å². The molecule has 1 saturated heterocycles. The van der Waals surface area contributed by atoms with Crippen molar-refractivity contribution in [3.63, 3.8) is 0 Å². The van der Waals surface area contributed by atoms with Crippen LogP contribution in [-0.2, 0) is 14.8 Å². The minimum absolute atomic E-state index is 0.0204. The lowest BCUT2D eigenvalue weighted by Gasteiger charge is -2.32. The van der Waals surface area contributed by atoms with Gasteiger partial charge < -0.3 is 29.8 Å². The van der Waals surface area contributed by atoms with E-state index in [1.807, 2.05) is 17.0 Å². The van der Waals surface area contributed by atoms with Gasteiger partial charge in [0.2, 0.25) is 5.88 Å². The molecule has 14 nitrogen and oxygen atoms in total. The number of nitrogens with zero attached hydrogens (tertiary/aromatic N) is 3. The molecule has 4 N–H and O–H groups in total. The van der Waals surface area contributed by atoms with Gasteiger partial charge in [-0.1, -0.05) is 12.1 Å². The summed E-state index contributed by atoms with van der Waals surface area (Å²) >= 11 is 0. The number of pyridine rings is 1. The maximum Gasteiger partial charge on any atom is 0.293 e. The lowest BCUT2D eigenvalue weighted by molar-refractivity contribution is -0.384. The smallest absolute Gasteiger partial charge is 0.293 e. The SMILES string of the molecule is O=C(NS(=O)(=O)c1ccc(NCC2(O)CCOCC2)c([N+](=O)[O-])c1)c1ccccc1N1CCCOc2nc3[nH]ccc3cc21. The molecule has 0 radical (unpaired) electrons. The number of nitrogens with one attached hydrogen (secondary N) is 3. The average molecular weight is 623 g/mol. The lowest BCUT2D eigenvalue weighted by atomic mass is 9.94. The number of sulfonamides is 1. The highest BCUT2D eigenvalue weighted by Crippen LogP contribution is 2.38. The average Bonchev–Trinajstić information content (AvgIpc) is 3.37. The van der Waals surface area contributed by atoms with Crippen LogP contribution in [0.25, 0.3) is 11.0 Å². The van der Waals surface area contributed by atoms with E-state index in [4.69, 9.17) is 9.47 Å². The number of amides is 1. The zero-order valence-electron chi connectivity index (χ0n) is 23.5. The quantitative estimate of drug-likeness (QED) is 0.166. The Labute approximate surface area is 252 Å². The molecular weight excluding hydrogens is 592 g/mol. The van der Waals surface area contributed by atoms with Gasteiger partial charge in [-0.15, -0.1) is 0 Å². The summed E-state index contributed by atoms with van der Waals surface area (Å²) in [5.74, 6) is -0.528. The molecule has 1 fully saturated rings. The molecule has 0 aliphatic carbocycles. The van der Waals surface area contributed by atoms with E-state index in [1.54, 1.807) is 24.4 Å². The molecule has 2 aliphatic heterocycles. The number of nitro benzene ring substituents is 1. The van der Waals surface area contributed by atoms with Gasteiger partial charge in [-0.25, -0.2) is 13.1 Å². The number of nitro groups is 1. The van der Waals surface area contributed by atoms with Gasteiger partial charge in [-0.3, -0.25) is 14.9 Å². The van der Waals surface area contributed by atoms with Crippen LogP contribution in [0, 0.1) is 10.1 Å². The molecule has 1 amide bonds. The summed E-state index contributed by atoms with van der Waals surface area (Å²) in [4.78, 5) is 33.7. The first-order valence-electron chi connectivity index (χ1n) is 14.0. The molecule has 4 aromatic rings. The second-order valence-corrected chi connectivity index (χ2v) is 12.3. The van der Waals surface area contributed by atoms with Crippen molar-refractivity contribution in [2.45, 2.75) is 29.8 Å². The molecule has 4 heterocycles. The van der Waals surface area contributed by atoms with Crippen molar-refractivity contribution in [2.75, 3.05) is 43.1 Å². The van der Waals surface area contributed by atoms with Crippen molar-refractivity contribution in [3.8, 4) is 5.88 Å². The third-order valence-electron chi connectivity index (χ3n) is 7.71. The Morgan fingerprint density at radius 1 is 1.11 bits per heavy atom. The number of benzene rings is 2. The molecule has 2 aromatic carbocycles. The van der Waals surface area contributed by atoms with E-state index in [2.05, 4.69) is 20.0 Å². The molecule has 15 heteroatoms. The molecule has 230 valence electrons. The number of aliphatic hydroxyl groups is 1. The van der Waals surface area contributed by atoms with Crippen LogP contribution >= 0.6 is 0 Å². The number of H-pyrrole nitrogens is 1. The third kappa shape index (κ3) is 5.89. The fraction of sp³-hybridized carbons (Fsp3) is 0.310.